The van der Waals surface area contributed by atoms with Crippen LogP contribution < -0.4 is 0 Å². The number of aliphatic hydroxyl groups excluding tert-OH is 1. The molecule has 16 heavy (non-hydrogen) atoms. The van der Waals surface area contributed by atoms with Gasteiger partial charge < -0.3 is 15.0 Å². The van der Waals surface area contributed by atoms with Gasteiger partial charge in [0.05, 0.1) is 0 Å². The predicted octanol–water partition coefficient (Wildman–Crippen LogP) is 1.70. The van der Waals surface area contributed by atoms with Crippen LogP contribution in [0.2, 0.25) is 0 Å². The van der Waals surface area contributed by atoms with Crippen LogP contribution in [0.15, 0.2) is 22.7 Å². The number of rotatable bonds is 5. The normalized spacial score (nSPS) is 12.1. The van der Waals surface area contributed by atoms with E-state index in [4.69, 9.17) is 5.11 Å². The van der Waals surface area contributed by atoms with E-state index in [0.29, 0.717) is 28.4 Å². The maximum atomic E-state index is 10.7. The molecule has 1 aromatic rings. The van der Waals surface area contributed by atoms with Crippen LogP contribution in [0, 0.1) is 0 Å². The molecule has 0 fully saturated rings. The van der Waals surface area contributed by atoms with Gasteiger partial charge in [-0.25, -0.2) is 4.79 Å². The third-order valence-corrected chi connectivity index (χ3v) is 2.66. The van der Waals surface area contributed by atoms with Crippen LogP contribution in [0.4, 0.5) is 0 Å². The molecule has 0 spiro atoms. The molecule has 5 heteroatoms. The second-order valence-electron chi connectivity index (χ2n) is 3.29. The number of hydrogen-bond donors (Lipinski definition) is 2. The molecule has 0 radical (unpaired) electrons. The summed E-state index contributed by atoms with van der Waals surface area (Å²) in [6, 6.07) is 5.01. The van der Waals surface area contributed by atoms with Crippen molar-refractivity contribution in [2.45, 2.75) is 18.9 Å². The van der Waals surface area contributed by atoms with Crippen molar-refractivity contribution in [3.8, 4) is 0 Å². The Morgan fingerprint density at radius 3 is 2.75 bits per heavy atom. The second kappa shape index (κ2) is 5.77. The Morgan fingerprint density at radius 2 is 2.19 bits per heavy atom. The van der Waals surface area contributed by atoms with Crippen molar-refractivity contribution in [3.63, 3.8) is 0 Å². The smallest absolute Gasteiger partial charge is 0.337 e. The zero-order valence-corrected chi connectivity index (χ0v) is 9.98. The number of aldehydes is 1. The molecule has 1 unspecified atom stereocenters. The monoisotopic (exact) mass is 286 g/mol. The molecule has 0 heterocycles. The maximum absolute atomic E-state index is 10.7. The van der Waals surface area contributed by atoms with E-state index in [2.05, 4.69) is 15.9 Å². The number of carboxylic acid groups (broad SMARTS) is 1. The Hall–Kier alpha value is -1.20. The molecule has 4 nitrogen and oxygen atoms in total. The van der Waals surface area contributed by atoms with Crippen molar-refractivity contribution in [1.29, 1.82) is 0 Å². The lowest BCUT2D eigenvalue weighted by Crippen LogP contribution is -2.13. The lowest BCUT2D eigenvalue weighted by molar-refractivity contribution is -0.147. The van der Waals surface area contributed by atoms with Gasteiger partial charge in [0.15, 0.2) is 6.10 Å². The van der Waals surface area contributed by atoms with Gasteiger partial charge in [-0.15, -0.1) is 0 Å². The standard InChI is InChI=1S/C11H11BrO4/c12-8-4-3-7(2-1-5-13)9(6-8)10(14)11(15)16/h3-6,10,14H,1-2H2,(H,15,16). The largest absolute Gasteiger partial charge is 0.479 e. The number of carbonyl (C=O) groups excluding carboxylic acids is 1. The van der Waals surface area contributed by atoms with Gasteiger partial charge in [0.25, 0.3) is 0 Å². The molecule has 1 aromatic carbocycles. The lowest BCUT2D eigenvalue weighted by Gasteiger charge is -2.12. The van der Waals surface area contributed by atoms with E-state index in [1.54, 1.807) is 18.2 Å². The fourth-order valence-corrected chi connectivity index (χ4v) is 1.77. The average molecular weight is 287 g/mol. The first-order valence-electron chi connectivity index (χ1n) is 4.69. The topological polar surface area (TPSA) is 74.6 Å². The Morgan fingerprint density at radius 1 is 1.50 bits per heavy atom. The van der Waals surface area contributed by atoms with Crippen LogP contribution in [0.5, 0.6) is 0 Å². The van der Waals surface area contributed by atoms with E-state index in [0.717, 1.165) is 6.29 Å². The second-order valence-corrected chi connectivity index (χ2v) is 4.20. The Kier molecular flexibility index (Phi) is 4.64. The zero-order chi connectivity index (χ0) is 12.1. The number of aliphatic carboxylic acids is 1. The molecule has 0 aliphatic carbocycles. The summed E-state index contributed by atoms with van der Waals surface area (Å²) in [6.07, 6.45) is -0.0599. The number of aliphatic hydroxyl groups is 1. The Balaban J connectivity index is 3.06. The minimum Gasteiger partial charge on any atom is -0.479 e. The van der Waals surface area contributed by atoms with Gasteiger partial charge in [-0.05, 0) is 29.7 Å². The summed E-state index contributed by atoms with van der Waals surface area (Å²) in [7, 11) is 0. The van der Waals surface area contributed by atoms with Gasteiger partial charge >= 0.3 is 5.97 Å². The Bertz CT molecular complexity index is 403. The highest BCUT2D eigenvalue weighted by molar-refractivity contribution is 9.10. The molecule has 86 valence electrons. The molecule has 1 atom stereocenters. The average Bonchev–Trinajstić information content (AvgIpc) is 2.26. The van der Waals surface area contributed by atoms with Gasteiger partial charge in [-0.1, -0.05) is 22.0 Å². The van der Waals surface area contributed by atoms with Crippen LogP contribution in [-0.4, -0.2) is 22.5 Å². The lowest BCUT2D eigenvalue weighted by atomic mass is 9.99. The molecular formula is C11H11BrO4. The Labute approximate surface area is 101 Å². The SMILES string of the molecule is O=CCCc1ccc(Br)cc1C(O)C(=O)O. The summed E-state index contributed by atoms with van der Waals surface area (Å²) in [5, 5.41) is 18.2. The predicted molar refractivity (Wildman–Crippen MR) is 61.1 cm³/mol. The van der Waals surface area contributed by atoms with Crippen LogP contribution in [-0.2, 0) is 16.0 Å². The fraction of sp³-hybridized carbons (Fsp3) is 0.273. The molecular weight excluding hydrogens is 276 g/mol. The number of benzene rings is 1. The van der Waals surface area contributed by atoms with Gasteiger partial charge in [0.1, 0.15) is 6.29 Å². The van der Waals surface area contributed by atoms with Crippen molar-refractivity contribution in [1.82, 2.24) is 0 Å². The van der Waals surface area contributed by atoms with Crippen molar-refractivity contribution < 1.29 is 19.8 Å². The number of hydrogen-bond acceptors (Lipinski definition) is 3. The minimum absolute atomic E-state index is 0.307. The van der Waals surface area contributed by atoms with Gasteiger partial charge in [0, 0.05) is 10.9 Å². The van der Waals surface area contributed by atoms with Crippen LogP contribution >= 0.6 is 15.9 Å². The summed E-state index contributed by atoms with van der Waals surface area (Å²) in [4.78, 5) is 21.0. The van der Waals surface area contributed by atoms with Gasteiger partial charge in [-0.2, -0.15) is 0 Å². The van der Waals surface area contributed by atoms with E-state index in [1.165, 1.54) is 0 Å². The highest BCUT2D eigenvalue weighted by Crippen LogP contribution is 2.24. The molecule has 0 aliphatic heterocycles. The highest BCUT2D eigenvalue weighted by atomic mass is 79.9. The molecule has 2 N–H and O–H groups in total. The van der Waals surface area contributed by atoms with Crippen molar-refractivity contribution in [3.05, 3.63) is 33.8 Å². The summed E-state index contributed by atoms with van der Waals surface area (Å²) < 4.78 is 0.692. The summed E-state index contributed by atoms with van der Waals surface area (Å²) in [5.74, 6) is -1.30. The first-order valence-corrected chi connectivity index (χ1v) is 5.48. The molecule has 0 aliphatic rings. The third-order valence-electron chi connectivity index (χ3n) is 2.17. The van der Waals surface area contributed by atoms with Crippen LogP contribution in [0.25, 0.3) is 0 Å². The van der Waals surface area contributed by atoms with Gasteiger partial charge in [0.2, 0.25) is 0 Å². The van der Waals surface area contributed by atoms with Crippen molar-refractivity contribution >= 4 is 28.2 Å². The van der Waals surface area contributed by atoms with E-state index >= 15 is 0 Å². The highest BCUT2D eigenvalue weighted by Gasteiger charge is 2.19. The van der Waals surface area contributed by atoms with Gasteiger partial charge in [-0.3, -0.25) is 0 Å². The zero-order valence-electron chi connectivity index (χ0n) is 8.39. The maximum Gasteiger partial charge on any atom is 0.337 e. The molecule has 0 saturated heterocycles. The van der Waals surface area contributed by atoms with E-state index in [1.807, 2.05) is 0 Å². The quantitative estimate of drug-likeness (QED) is 0.808. The first-order chi connectivity index (χ1) is 7.56. The summed E-state index contributed by atoms with van der Waals surface area (Å²) in [6.45, 7) is 0. The third kappa shape index (κ3) is 3.15. The summed E-state index contributed by atoms with van der Waals surface area (Å²) >= 11 is 3.21. The van der Waals surface area contributed by atoms with E-state index in [-0.39, 0.29) is 0 Å². The number of halogens is 1. The van der Waals surface area contributed by atoms with Crippen LogP contribution in [0.3, 0.4) is 0 Å². The summed E-state index contributed by atoms with van der Waals surface area (Å²) in [5.41, 5.74) is 0.994. The van der Waals surface area contributed by atoms with Crippen molar-refractivity contribution in [2.75, 3.05) is 0 Å². The first kappa shape index (κ1) is 12.9. The molecule has 0 saturated carbocycles. The van der Waals surface area contributed by atoms with E-state index in [9.17, 15) is 14.7 Å². The number of carboxylic acids is 1. The fourth-order valence-electron chi connectivity index (χ4n) is 1.40. The number of carbonyl (C=O) groups is 2. The minimum atomic E-state index is -1.56. The van der Waals surface area contributed by atoms with Crippen molar-refractivity contribution in [2.24, 2.45) is 0 Å². The molecule has 1 rings (SSSR count). The number of aryl methyl sites for hydroxylation is 1. The molecule has 0 aromatic heterocycles. The van der Waals surface area contributed by atoms with E-state index < -0.39 is 12.1 Å². The molecule has 0 amide bonds. The van der Waals surface area contributed by atoms with Crippen LogP contribution in [0.1, 0.15) is 23.7 Å². The molecule has 0 bridgehead atoms.